The van der Waals surface area contributed by atoms with E-state index in [1.165, 1.54) is 25.7 Å². The molecule has 0 aromatic rings. The normalized spacial score (nSPS) is 19.1. The minimum Gasteiger partial charge on any atom is -0.388 e. The summed E-state index contributed by atoms with van der Waals surface area (Å²) in [5.74, 6) is 0.700. The first kappa shape index (κ1) is 9.30. The Morgan fingerprint density at radius 3 is 3.00 bits per heavy atom. The van der Waals surface area contributed by atoms with Crippen LogP contribution in [0.5, 0.6) is 0 Å². The number of nitrogens with two attached hydrogens (primary N) is 1. The van der Waals surface area contributed by atoms with E-state index in [0.717, 1.165) is 13.0 Å². The predicted molar refractivity (Wildman–Crippen MR) is 53.3 cm³/mol. The predicted octanol–water partition coefficient (Wildman–Crippen LogP) is 2.25. The van der Waals surface area contributed by atoms with Crippen LogP contribution in [0.2, 0.25) is 0 Å². The molecule has 0 bridgehead atoms. The molecule has 0 fully saturated rings. The van der Waals surface area contributed by atoms with Gasteiger partial charge in [-0.2, -0.15) is 0 Å². The summed E-state index contributed by atoms with van der Waals surface area (Å²) in [5.41, 5.74) is 7.01. The van der Waals surface area contributed by atoms with E-state index in [1.54, 1.807) is 5.57 Å². The Balaban J connectivity index is 2.22. The highest BCUT2D eigenvalue weighted by atomic mass is 14.8. The van der Waals surface area contributed by atoms with Crippen molar-refractivity contribution in [1.82, 2.24) is 0 Å². The molecule has 0 aromatic carbocycles. The summed E-state index contributed by atoms with van der Waals surface area (Å²) in [6.45, 7) is 2.71. The van der Waals surface area contributed by atoms with Crippen molar-refractivity contribution in [3.8, 4) is 0 Å². The highest BCUT2D eigenvalue weighted by Crippen LogP contribution is 2.19. The average molecular weight is 166 g/mol. The van der Waals surface area contributed by atoms with Gasteiger partial charge >= 0.3 is 0 Å². The number of hydrogen-bond donors (Lipinski definition) is 1. The lowest BCUT2D eigenvalue weighted by molar-refractivity contribution is 0.676. The molecule has 0 saturated carbocycles. The molecular formula is C10H18N2. The van der Waals surface area contributed by atoms with E-state index in [1.807, 2.05) is 6.92 Å². The van der Waals surface area contributed by atoms with Gasteiger partial charge in [-0.3, -0.25) is 4.99 Å². The average Bonchev–Trinajstić information content (AvgIpc) is 2.05. The van der Waals surface area contributed by atoms with Crippen LogP contribution in [0.3, 0.4) is 0 Å². The van der Waals surface area contributed by atoms with Crippen LogP contribution in [0.25, 0.3) is 0 Å². The van der Waals surface area contributed by atoms with Crippen molar-refractivity contribution in [2.24, 2.45) is 10.7 Å². The van der Waals surface area contributed by atoms with Gasteiger partial charge in [-0.25, -0.2) is 0 Å². The number of aliphatic imine (C=N–C) groups is 1. The molecule has 1 aliphatic carbocycles. The molecule has 0 atom stereocenters. The van der Waals surface area contributed by atoms with Crippen molar-refractivity contribution < 1.29 is 0 Å². The Morgan fingerprint density at radius 1 is 1.58 bits per heavy atom. The first-order valence-corrected chi connectivity index (χ1v) is 4.73. The third kappa shape index (κ3) is 3.56. The topological polar surface area (TPSA) is 38.4 Å². The fourth-order valence-electron chi connectivity index (χ4n) is 1.51. The van der Waals surface area contributed by atoms with E-state index in [0.29, 0.717) is 5.84 Å². The summed E-state index contributed by atoms with van der Waals surface area (Å²) in [4.78, 5) is 4.17. The van der Waals surface area contributed by atoms with Crippen LogP contribution in [0, 0.1) is 0 Å². The molecule has 0 unspecified atom stereocenters. The minimum absolute atomic E-state index is 0.700. The van der Waals surface area contributed by atoms with Crippen LogP contribution in [0.4, 0.5) is 0 Å². The van der Waals surface area contributed by atoms with Gasteiger partial charge in [0.05, 0.1) is 5.84 Å². The third-order valence-corrected chi connectivity index (χ3v) is 2.18. The second-order valence-electron chi connectivity index (χ2n) is 3.38. The molecule has 0 saturated heterocycles. The maximum absolute atomic E-state index is 5.44. The van der Waals surface area contributed by atoms with Crippen molar-refractivity contribution in [2.45, 2.75) is 39.0 Å². The molecule has 0 radical (unpaired) electrons. The molecule has 1 rings (SSSR count). The summed E-state index contributed by atoms with van der Waals surface area (Å²) in [5, 5.41) is 0. The zero-order valence-corrected chi connectivity index (χ0v) is 7.84. The fourth-order valence-corrected chi connectivity index (χ4v) is 1.51. The quantitative estimate of drug-likeness (QED) is 0.390. The van der Waals surface area contributed by atoms with E-state index in [9.17, 15) is 0 Å². The maximum Gasteiger partial charge on any atom is 0.0905 e. The molecule has 2 N–H and O–H groups in total. The Hall–Kier alpha value is -0.790. The van der Waals surface area contributed by atoms with E-state index in [2.05, 4.69) is 11.1 Å². The van der Waals surface area contributed by atoms with Crippen molar-refractivity contribution in [3.05, 3.63) is 11.6 Å². The molecule has 1 aliphatic rings. The summed E-state index contributed by atoms with van der Waals surface area (Å²) >= 11 is 0. The Labute approximate surface area is 74.6 Å². The Kier molecular flexibility index (Phi) is 3.85. The monoisotopic (exact) mass is 166 g/mol. The second-order valence-corrected chi connectivity index (χ2v) is 3.38. The molecule has 2 nitrogen and oxygen atoms in total. The zero-order valence-electron chi connectivity index (χ0n) is 7.84. The van der Waals surface area contributed by atoms with Gasteiger partial charge in [-0.15, -0.1) is 0 Å². The van der Waals surface area contributed by atoms with Crippen LogP contribution in [0.15, 0.2) is 16.6 Å². The number of rotatable bonds is 3. The van der Waals surface area contributed by atoms with Gasteiger partial charge in [0.1, 0.15) is 0 Å². The standard InChI is InChI=1S/C10H18N2/c1-9(11)12-8-7-10-5-3-2-4-6-10/h5H,2-4,6-8H2,1H3,(H2,11,12). The first-order chi connectivity index (χ1) is 5.79. The molecule has 0 aliphatic heterocycles. The zero-order chi connectivity index (χ0) is 8.81. The van der Waals surface area contributed by atoms with Crippen molar-refractivity contribution in [1.29, 1.82) is 0 Å². The molecule has 0 aromatic heterocycles. The molecule has 68 valence electrons. The SMILES string of the molecule is CC(N)=NCCC1=CCCCC1. The van der Waals surface area contributed by atoms with E-state index >= 15 is 0 Å². The molecule has 12 heavy (non-hydrogen) atoms. The second kappa shape index (κ2) is 4.96. The van der Waals surface area contributed by atoms with Gasteiger partial charge in [0.15, 0.2) is 0 Å². The number of hydrogen-bond acceptors (Lipinski definition) is 1. The van der Waals surface area contributed by atoms with E-state index < -0.39 is 0 Å². The highest BCUT2D eigenvalue weighted by molar-refractivity contribution is 5.77. The van der Waals surface area contributed by atoms with Crippen LogP contribution in [-0.4, -0.2) is 12.4 Å². The molecule has 0 spiro atoms. The third-order valence-electron chi connectivity index (χ3n) is 2.18. The molecule has 2 heteroatoms. The van der Waals surface area contributed by atoms with Gasteiger partial charge < -0.3 is 5.73 Å². The molecule has 0 amide bonds. The molecule has 0 heterocycles. The maximum atomic E-state index is 5.44. The summed E-state index contributed by atoms with van der Waals surface area (Å²) < 4.78 is 0. The summed E-state index contributed by atoms with van der Waals surface area (Å²) in [6, 6.07) is 0. The number of nitrogens with zero attached hydrogens (tertiary/aromatic N) is 1. The van der Waals surface area contributed by atoms with Crippen molar-refractivity contribution in [3.63, 3.8) is 0 Å². The number of allylic oxidation sites excluding steroid dienone is 1. The summed E-state index contributed by atoms with van der Waals surface area (Å²) in [6.07, 6.45) is 8.74. The van der Waals surface area contributed by atoms with E-state index in [4.69, 9.17) is 5.73 Å². The van der Waals surface area contributed by atoms with Gasteiger partial charge in [-0.1, -0.05) is 11.6 Å². The van der Waals surface area contributed by atoms with Gasteiger partial charge in [0.25, 0.3) is 0 Å². The van der Waals surface area contributed by atoms with E-state index in [-0.39, 0.29) is 0 Å². The lowest BCUT2D eigenvalue weighted by Gasteiger charge is -2.10. The first-order valence-electron chi connectivity index (χ1n) is 4.73. The van der Waals surface area contributed by atoms with Gasteiger partial charge in [0, 0.05) is 6.54 Å². The largest absolute Gasteiger partial charge is 0.388 e. The van der Waals surface area contributed by atoms with Crippen molar-refractivity contribution in [2.75, 3.05) is 6.54 Å². The molecular weight excluding hydrogens is 148 g/mol. The van der Waals surface area contributed by atoms with Crippen LogP contribution in [-0.2, 0) is 0 Å². The fraction of sp³-hybridized carbons (Fsp3) is 0.700. The Bertz CT molecular complexity index is 188. The highest BCUT2D eigenvalue weighted by Gasteiger charge is 2.01. The lowest BCUT2D eigenvalue weighted by Crippen LogP contribution is -2.06. The van der Waals surface area contributed by atoms with Crippen LogP contribution in [0.1, 0.15) is 39.0 Å². The van der Waals surface area contributed by atoms with Crippen LogP contribution < -0.4 is 5.73 Å². The lowest BCUT2D eigenvalue weighted by atomic mass is 9.97. The van der Waals surface area contributed by atoms with Crippen LogP contribution >= 0.6 is 0 Å². The van der Waals surface area contributed by atoms with Gasteiger partial charge in [-0.05, 0) is 39.0 Å². The summed E-state index contributed by atoms with van der Waals surface area (Å²) in [7, 11) is 0. The van der Waals surface area contributed by atoms with Crippen molar-refractivity contribution >= 4 is 5.84 Å². The minimum atomic E-state index is 0.700. The van der Waals surface area contributed by atoms with Gasteiger partial charge in [0.2, 0.25) is 0 Å². The Morgan fingerprint density at radius 2 is 2.42 bits per heavy atom. The smallest absolute Gasteiger partial charge is 0.0905 e. The number of amidine groups is 1.